The van der Waals surface area contributed by atoms with Gasteiger partial charge in [0.25, 0.3) is 0 Å². The molecule has 0 aromatic carbocycles. The van der Waals surface area contributed by atoms with E-state index in [-0.39, 0.29) is 24.4 Å². The summed E-state index contributed by atoms with van der Waals surface area (Å²) in [5, 5.41) is 6.97. The maximum atomic E-state index is 11.9. The number of nitrogens with two attached hydrogens (primary N) is 1. The zero-order valence-electron chi connectivity index (χ0n) is 11.0. The van der Waals surface area contributed by atoms with Gasteiger partial charge in [-0.25, -0.2) is 9.67 Å². The highest BCUT2D eigenvalue weighted by Crippen LogP contribution is 2.28. The van der Waals surface area contributed by atoms with Crippen molar-refractivity contribution in [2.75, 3.05) is 5.73 Å². The van der Waals surface area contributed by atoms with E-state index in [2.05, 4.69) is 29.2 Å². The van der Waals surface area contributed by atoms with E-state index in [9.17, 15) is 4.79 Å². The fraction of sp³-hybridized carbons (Fsp3) is 0.750. The number of nitrogen functional groups attached to an aromatic ring is 1. The smallest absolute Gasteiger partial charge is 0.242 e. The Labute approximate surface area is 107 Å². The molecule has 6 nitrogen and oxygen atoms in total. The molecule has 0 spiro atoms. The van der Waals surface area contributed by atoms with Crippen LogP contribution in [0.4, 0.5) is 5.95 Å². The summed E-state index contributed by atoms with van der Waals surface area (Å²) in [6.07, 6.45) is 4.86. The van der Waals surface area contributed by atoms with Crippen molar-refractivity contribution in [1.29, 1.82) is 0 Å². The van der Waals surface area contributed by atoms with Crippen molar-refractivity contribution in [2.24, 2.45) is 11.8 Å². The van der Waals surface area contributed by atoms with Crippen LogP contribution in [0, 0.1) is 11.8 Å². The molecular weight excluding hydrogens is 230 g/mol. The maximum absolute atomic E-state index is 11.9. The molecule has 2 atom stereocenters. The van der Waals surface area contributed by atoms with Crippen molar-refractivity contribution in [1.82, 2.24) is 20.1 Å². The monoisotopic (exact) mass is 251 g/mol. The van der Waals surface area contributed by atoms with E-state index in [4.69, 9.17) is 5.73 Å². The van der Waals surface area contributed by atoms with E-state index in [0.717, 1.165) is 12.8 Å². The molecule has 1 saturated carbocycles. The zero-order chi connectivity index (χ0) is 13.1. The molecule has 0 bridgehead atoms. The molecule has 1 aromatic rings. The molecule has 6 heteroatoms. The van der Waals surface area contributed by atoms with Gasteiger partial charge in [0.2, 0.25) is 11.9 Å². The van der Waals surface area contributed by atoms with Gasteiger partial charge in [-0.05, 0) is 31.1 Å². The van der Waals surface area contributed by atoms with Gasteiger partial charge in [-0.2, -0.15) is 0 Å². The minimum Gasteiger partial charge on any atom is -0.367 e. The van der Waals surface area contributed by atoms with Crippen LogP contribution in [-0.4, -0.2) is 26.7 Å². The normalized spacial score (nSPS) is 28.0. The van der Waals surface area contributed by atoms with Gasteiger partial charge in [-0.3, -0.25) is 4.79 Å². The molecule has 3 N–H and O–H groups in total. The molecule has 1 amide bonds. The Bertz CT molecular complexity index is 406. The van der Waals surface area contributed by atoms with Crippen LogP contribution in [0.25, 0.3) is 0 Å². The summed E-state index contributed by atoms with van der Waals surface area (Å²) in [4.78, 5) is 15.7. The topological polar surface area (TPSA) is 85.8 Å². The lowest BCUT2D eigenvalue weighted by atomic mass is 9.80. The summed E-state index contributed by atoms with van der Waals surface area (Å²) in [7, 11) is 0. The number of carbonyl (C=O) groups is 1. The largest absolute Gasteiger partial charge is 0.367 e. The van der Waals surface area contributed by atoms with E-state index in [1.54, 1.807) is 0 Å². The number of hydrogen-bond acceptors (Lipinski definition) is 4. The summed E-state index contributed by atoms with van der Waals surface area (Å²) < 4.78 is 1.46. The Morgan fingerprint density at radius 2 is 2.11 bits per heavy atom. The highest BCUT2D eigenvalue weighted by molar-refractivity contribution is 5.75. The minimum absolute atomic E-state index is 0.0220. The first kappa shape index (κ1) is 12.9. The first-order chi connectivity index (χ1) is 8.52. The highest BCUT2D eigenvalue weighted by Gasteiger charge is 2.24. The lowest BCUT2D eigenvalue weighted by molar-refractivity contribution is -0.122. The van der Waals surface area contributed by atoms with Crippen molar-refractivity contribution in [3.63, 3.8) is 0 Å². The standard InChI is InChI=1S/C12H21N5O/c1-8-3-9(2)5-10(4-8)15-11(18)6-17-7-14-12(13)16-17/h7-10H,3-6H2,1-2H3,(H2,13,16)(H,15,18). The Balaban J connectivity index is 1.83. The summed E-state index contributed by atoms with van der Waals surface area (Å²) in [6.45, 7) is 4.67. The van der Waals surface area contributed by atoms with Gasteiger partial charge >= 0.3 is 0 Å². The molecule has 0 saturated heterocycles. The zero-order valence-corrected chi connectivity index (χ0v) is 11.0. The second-order valence-electron chi connectivity index (χ2n) is 5.48. The number of anilines is 1. The van der Waals surface area contributed by atoms with E-state index in [0.29, 0.717) is 11.8 Å². The van der Waals surface area contributed by atoms with E-state index in [1.165, 1.54) is 17.4 Å². The molecule has 18 heavy (non-hydrogen) atoms. The number of hydrogen-bond donors (Lipinski definition) is 2. The maximum Gasteiger partial charge on any atom is 0.242 e. The minimum atomic E-state index is -0.0220. The molecular formula is C12H21N5O. The molecule has 1 aromatic heterocycles. The third-order valence-corrected chi connectivity index (χ3v) is 3.40. The molecule has 1 aliphatic rings. The third-order valence-electron chi connectivity index (χ3n) is 3.40. The van der Waals surface area contributed by atoms with Crippen molar-refractivity contribution in [3.8, 4) is 0 Å². The first-order valence-electron chi connectivity index (χ1n) is 6.47. The number of nitrogens with one attached hydrogen (secondary N) is 1. The van der Waals surface area contributed by atoms with Crippen LogP contribution >= 0.6 is 0 Å². The molecule has 1 heterocycles. The summed E-state index contributed by atoms with van der Waals surface area (Å²) in [5.74, 6) is 1.54. The van der Waals surface area contributed by atoms with Gasteiger partial charge in [0.05, 0.1) is 0 Å². The Hall–Kier alpha value is -1.59. The van der Waals surface area contributed by atoms with Crippen LogP contribution in [0.1, 0.15) is 33.1 Å². The quantitative estimate of drug-likeness (QED) is 0.832. The molecule has 1 fully saturated rings. The van der Waals surface area contributed by atoms with Crippen LogP contribution in [0.5, 0.6) is 0 Å². The summed E-state index contributed by atoms with van der Waals surface area (Å²) in [6, 6.07) is 0.289. The van der Waals surface area contributed by atoms with Crippen molar-refractivity contribution >= 4 is 11.9 Å². The van der Waals surface area contributed by atoms with Gasteiger partial charge in [0.15, 0.2) is 0 Å². The van der Waals surface area contributed by atoms with E-state index in [1.807, 2.05) is 0 Å². The number of rotatable bonds is 3. The van der Waals surface area contributed by atoms with Gasteiger partial charge in [0.1, 0.15) is 12.9 Å². The van der Waals surface area contributed by atoms with Gasteiger partial charge in [0, 0.05) is 6.04 Å². The molecule has 2 rings (SSSR count). The predicted octanol–water partition coefficient (Wildman–Crippen LogP) is 0.801. The van der Waals surface area contributed by atoms with Crippen molar-refractivity contribution < 1.29 is 4.79 Å². The Morgan fingerprint density at radius 1 is 1.44 bits per heavy atom. The Kier molecular flexibility index (Phi) is 3.84. The number of nitrogens with zero attached hydrogens (tertiary/aromatic N) is 3. The lowest BCUT2D eigenvalue weighted by Crippen LogP contribution is -2.41. The SMILES string of the molecule is CC1CC(C)CC(NC(=O)Cn2cnc(N)n2)C1. The number of amides is 1. The third kappa shape index (κ3) is 3.45. The first-order valence-corrected chi connectivity index (χ1v) is 6.47. The van der Waals surface area contributed by atoms with Crippen LogP contribution < -0.4 is 11.1 Å². The lowest BCUT2D eigenvalue weighted by Gasteiger charge is -2.31. The predicted molar refractivity (Wildman–Crippen MR) is 68.5 cm³/mol. The van der Waals surface area contributed by atoms with Gasteiger partial charge < -0.3 is 11.1 Å². The molecule has 100 valence electrons. The van der Waals surface area contributed by atoms with Crippen LogP contribution in [-0.2, 0) is 11.3 Å². The second kappa shape index (κ2) is 5.37. The van der Waals surface area contributed by atoms with Crippen LogP contribution in [0.2, 0.25) is 0 Å². The van der Waals surface area contributed by atoms with Crippen molar-refractivity contribution in [2.45, 2.75) is 45.7 Å². The second-order valence-corrected chi connectivity index (χ2v) is 5.48. The molecule has 0 aliphatic heterocycles. The summed E-state index contributed by atoms with van der Waals surface area (Å²) >= 11 is 0. The van der Waals surface area contributed by atoms with Gasteiger partial charge in [-0.15, -0.1) is 5.10 Å². The fourth-order valence-corrected chi connectivity index (χ4v) is 2.87. The molecule has 2 unspecified atom stereocenters. The number of carbonyl (C=O) groups excluding carboxylic acids is 1. The fourth-order valence-electron chi connectivity index (χ4n) is 2.87. The van der Waals surface area contributed by atoms with E-state index < -0.39 is 0 Å². The van der Waals surface area contributed by atoms with Crippen LogP contribution in [0.3, 0.4) is 0 Å². The summed E-state index contributed by atoms with van der Waals surface area (Å²) in [5.41, 5.74) is 5.40. The number of aromatic nitrogens is 3. The highest BCUT2D eigenvalue weighted by atomic mass is 16.2. The van der Waals surface area contributed by atoms with Gasteiger partial charge in [-0.1, -0.05) is 13.8 Å². The van der Waals surface area contributed by atoms with Crippen LogP contribution in [0.15, 0.2) is 6.33 Å². The average molecular weight is 251 g/mol. The van der Waals surface area contributed by atoms with Crippen molar-refractivity contribution in [3.05, 3.63) is 6.33 Å². The Morgan fingerprint density at radius 3 is 2.67 bits per heavy atom. The van der Waals surface area contributed by atoms with E-state index >= 15 is 0 Å². The average Bonchev–Trinajstić information content (AvgIpc) is 2.61. The molecule has 1 aliphatic carbocycles. The molecule has 0 radical (unpaired) electrons.